The van der Waals surface area contributed by atoms with E-state index in [0.717, 1.165) is 17.7 Å². The molecule has 0 atom stereocenters. The van der Waals surface area contributed by atoms with E-state index in [1.165, 1.54) is 12.3 Å². The maximum Gasteiger partial charge on any atom is 0.204 e. The first kappa shape index (κ1) is 19.6. The molecular weight excluding hydrogens is 380 g/mol. The molecule has 152 valence electrons. The van der Waals surface area contributed by atoms with Crippen LogP contribution in [0.15, 0.2) is 82.2 Å². The minimum atomic E-state index is -0.300. The van der Waals surface area contributed by atoms with Crippen molar-refractivity contribution in [2.75, 3.05) is 6.61 Å². The molecule has 5 heteroatoms. The fourth-order valence-electron chi connectivity index (χ4n) is 3.18. The van der Waals surface area contributed by atoms with E-state index in [4.69, 9.17) is 13.9 Å². The Morgan fingerprint density at radius 1 is 0.933 bits per heavy atom. The van der Waals surface area contributed by atoms with Crippen molar-refractivity contribution in [1.29, 1.82) is 0 Å². The number of phenolic OH excluding ortho intramolecular Hbond substituents is 1. The highest BCUT2D eigenvalue weighted by Gasteiger charge is 2.15. The molecule has 4 aromatic rings. The maximum atomic E-state index is 13.0. The predicted molar refractivity (Wildman–Crippen MR) is 116 cm³/mol. The molecule has 1 heterocycles. The van der Waals surface area contributed by atoms with E-state index < -0.39 is 0 Å². The van der Waals surface area contributed by atoms with Gasteiger partial charge in [0.2, 0.25) is 5.43 Å². The molecule has 0 aliphatic carbocycles. The summed E-state index contributed by atoms with van der Waals surface area (Å²) in [7, 11) is 0. The lowest BCUT2D eigenvalue weighted by atomic mass is 10.0. The third kappa shape index (κ3) is 4.15. The number of fused-ring (bicyclic) bond motifs is 1. The number of ether oxygens (including phenoxy) is 2. The fourth-order valence-corrected chi connectivity index (χ4v) is 3.18. The highest BCUT2D eigenvalue weighted by atomic mass is 16.5. The van der Waals surface area contributed by atoms with E-state index >= 15 is 0 Å². The molecule has 0 unspecified atom stereocenters. The highest BCUT2D eigenvalue weighted by Crippen LogP contribution is 2.31. The molecular formula is C25H22O5. The fraction of sp³-hybridized carbons (Fsp3) is 0.160. The van der Waals surface area contributed by atoms with Gasteiger partial charge in [-0.3, -0.25) is 4.79 Å². The Bertz CT molecular complexity index is 1190. The zero-order valence-corrected chi connectivity index (χ0v) is 16.6. The topological polar surface area (TPSA) is 68.9 Å². The summed E-state index contributed by atoms with van der Waals surface area (Å²) in [6.45, 7) is 3.03. The Kier molecular flexibility index (Phi) is 5.70. The minimum Gasteiger partial charge on any atom is -0.507 e. The summed E-state index contributed by atoms with van der Waals surface area (Å²) in [5.74, 6) is 1.00. The molecule has 1 aromatic heterocycles. The standard InChI is InChI=1S/C25H22O5/c1-2-12-28-19-10-8-18(9-11-19)21-16-30-23-14-20(13-22(26)24(23)25(21)27)29-15-17-6-4-3-5-7-17/h3-11,13-14,16,26H,2,12,15H2,1H3. The Labute approximate surface area is 174 Å². The van der Waals surface area contributed by atoms with Crippen LogP contribution in [0.1, 0.15) is 18.9 Å². The Hall–Kier alpha value is -3.73. The Morgan fingerprint density at radius 2 is 1.70 bits per heavy atom. The molecule has 4 rings (SSSR count). The maximum absolute atomic E-state index is 13.0. The summed E-state index contributed by atoms with van der Waals surface area (Å²) >= 11 is 0. The van der Waals surface area contributed by atoms with Crippen molar-refractivity contribution in [2.45, 2.75) is 20.0 Å². The van der Waals surface area contributed by atoms with Gasteiger partial charge in [-0.1, -0.05) is 49.4 Å². The highest BCUT2D eigenvalue weighted by molar-refractivity contribution is 5.88. The summed E-state index contributed by atoms with van der Waals surface area (Å²) in [5.41, 5.74) is 2.04. The predicted octanol–water partition coefficient (Wildman–Crippen LogP) is 5.53. The van der Waals surface area contributed by atoms with Crippen molar-refractivity contribution in [2.24, 2.45) is 0 Å². The van der Waals surface area contributed by atoms with Crippen LogP contribution in [0.5, 0.6) is 17.2 Å². The third-order valence-electron chi connectivity index (χ3n) is 4.72. The normalized spacial score (nSPS) is 10.8. The monoisotopic (exact) mass is 402 g/mol. The minimum absolute atomic E-state index is 0.130. The van der Waals surface area contributed by atoms with Gasteiger partial charge in [0.05, 0.1) is 12.2 Å². The van der Waals surface area contributed by atoms with Crippen LogP contribution < -0.4 is 14.9 Å². The number of rotatable bonds is 7. The first-order chi connectivity index (χ1) is 14.7. The second-order valence-electron chi connectivity index (χ2n) is 6.94. The third-order valence-corrected chi connectivity index (χ3v) is 4.72. The van der Waals surface area contributed by atoms with Crippen molar-refractivity contribution in [3.05, 3.63) is 88.8 Å². The van der Waals surface area contributed by atoms with Crippen molar-refractivity contribution < 1.29 is 19.0 Å². The smallest absolute Gasteiger partial charge is 0.204 e. The van der Waals surface area contributed by atoms with Crippen molar-refractivity contribution in [1.82, 2.24) is 0 Å². The van der Waals surface area contributed by atoms with Crippen LogP contribution in [0.4, 0.5) is 0 Å². The van der Waals surface area contributed by atoms with Gasteiger partial charge in [-0.05, 0) is 29.7 Å². The van der Waals surface area contributed by atoms with Crippen LogP contribution in [0, 0.1) is 0 Å². The van der Waals surface area contributed by atoms with Crippen molar-refractivity contribution in [3.8, 4) is 28.4 Å². The molecule has 0 fully saturated rings. The molecule has 1 N–H and O–H groups in total. The molecule has 0 radical (unpaired) electrons. The average molecular weight is 402 g/mol. The zero-order chi connectivity index (χ0) is 20.9. The SMILES string of the molecule is CCCOc1ccc(-c2coc3cc(OCc4ccccc4)cc(O)c3c2=O)cc1. The number of hydrogen-bond donors (Lipinski definition) is 1. The van der Waals surface area contributed by atoms with Gasteiger partial charge < -0.3 is 19.0 Å². The van der Waals surface area contributed by atoms with Crippen LogP contribution >= 0.6 is 0 Å². The van der Waals surface area contributed by atoms with Gasteiger partial charge in [0, 0.05) is 12.1 Å². The van der Waals surface area contributed by atoms with Gasteiger partial charge in [0.15, 0.2) is 0 Å². The largest absolute Gasteiger partial charge is 0.507 e. The molecule has 0 amide bonds. The van der Waals surface area contributed by atoms with Gasteiger partial charge in [-0.15, -0.1) is 0 Å². The van der Waals surface area contributed by atoms with Crippen LogP contribution in [0.2, 0.25) is 0 Å². The molecule has 0 aliphatic rings. The second kappa shape index (κ2) is 8.74. The lowest BCUT2D eigenvalue weighted by molar-refractivity contribution is 0.304. The molecule has 0 aliphatic heterocycles. The van der Waals surface area contributed by atoms with E-state index in [1.807, 2.05) is 49.4 Å². The van der Waals surface area contributed by atoms with Crippen LogP contribution in [-0.4, -0.2) is 11.7 Å². The molecule has 0 saturated heterocycles. The van der Waals surface area contributed by atoms with Crippen molar-refractivity contribution in [3.63, 3.8) is 0 Å². The van der Waals surface area contributed by atoms with Gasteiger partial charge in [0.25, 0.3) is 0 Å². The van der Waals surface area contributed by atoms with Gasteiger partial charge >= 0.3 is 0 Å². The summed E-state index contributed by atoms with van der Waals surface area (Å²) in [6, 6.07) is 20.0. The van der Waals surface area contributed by atoms with E-state index in [-0.39, 0.29) is 22.1 Å². The zero-order valence-electron chi connectivity index (χ0n) is 16.6. The quantitative estimate of drug-likeness (QED) is 0.440. The Morgan fingerprint density at radius 3 is 2.43 bits per heavy atom. The average Bonchev–Trinajstić information content (AvgIpc) is 2.77. The number of benzene rings is 3. The van der Waals surface area contributed by atoms with E-state index in [0.29, 0.717) is 30.1 Å². The van der Waals surface area contributed by atoms with Gasteiger partial charge in [0.1, 0.15) is 41.1 Å². The molecule has 0 saturated carbocycles. The first-order valence-electron chi connectivity index (χ1n) is 9.84. The second-order valence-corrected chi connectivity index (χ2v) is 6.94. The van der Waals surface area contributed by atoms with Gasteiger partial charge in [-0.2, -0.15) is 0 Å². The first-order valence-corrected chi connectivity index (χ1v) is 9.84. The lowest BCUT2D eigenvalue weighted by Gasteiger charge is -2.10. The Balaban J connectivity index is 1.62. The van der Waals surface area contributed by atoms with E-state index in [2.05, 4.69) is 0 Å². The number of phenols is 1. The number of aromatic hydroxyl groups is 1. The van der Waals surface area contributed by atoms with Gasteiger partial charge in [-0.25, -0.2) is 0 Å². The van der Waals surface area contributed by atoms with Crippen LogP contribution in [0.3, 0.4) is 0 Å². The summed E-state index contributed by atoms with van der Waals surface area (Å²) < 4.78 is 17.0. The van der Waals surface area contributed by atoms with Crippen LogP contribution in [-0.2, 0) is 6.61 Å². The molecule has 3 aromatic carbocycles. The molecule has 0 spiro atoms. The lowest BCUT2D eigenvalue weighted by Crippen LogP contribution is -2.05. The van der Waals surface area contributed by atoms with Crippen LogP contribution in [0.25, 0.3) is 22.1 Å². The number of hydrogen-bond acceptors (Lipinski definition) is 5. The molecule has 5 nitrogen and oxygen atoms in total. The summed E-state index contributed by atoms with van der Waals surface area (Å²) in [4.78, 5) is 13.0. The van der Waals surface area contributed by atoms with E-state index in [1.54, 1.807) is 18.2 Å². The molecule has 0 bridgehead atoms. The summed E-state index contributed by atoms with van der Waals surface area (Å²) in [5, 5.41) is 10.6. The van der Waals surface area contributed by atoms with E-state index in [9.17, 15) is 9.90 Å². The molecule has 30 heavy (non-hydrogen) atoms. The van der Waals surface area contributed by atoms with Crippen molar-refractivity contribution >= 4 is 11.0 Å². The summed E-state index contributed by atoms with van der Waals surface area (Å²) in [6.07, 6.45) is 2.33.